The molecule has 0 aliphatic rings. The van der Waals surface area contributed by atoms with Crippen molar-refractivity contribution in [1.29, 1.82) is 0 Å². The Kier molecular flexibility index (Phi) is 8.30. The van der Waals surface area contributed by atoms with Crippen molar-refractivity contribution >= 4 is 0 Å². The summed E-state index contributed by atoms with van der Waals surface area (Å²) in [4.78, 5) is 10.2. The van der Waals surface area contributed by atoms with E-state index in [1.807, 2.05) is 54.6 Å². The highest BCUT2D eigenvalue weighted by molar-refractivity contribution is 5.83. The number of aromatic nitrogens is 2. The zero-order valence-electron chi connectivity index (χ0n) is 26.8. The van der Waals surface area contributed by atoms with Crippen molar-refractivity contribution in [3.63, 3.8) is 0 Å². The Bertz CT molecular complexity index is 2060. The van der Waals surface area contributed by atoms with E-state index in [4.69, 9.17) is 14.7 Å². The van der Waals surface area contributed by atoms with Crippen LogP contribution in [0.25, 0.3) is 67.3 Å². The summed E-state index contributed by atoms with van der Waals surface area (Å²) in [6.07, 6.45) is 0. The van der Waals surface area contributed by atoms with E-state index in [0.717, 1.165) is 78.8 Å². The number of rotatable bonds is 8. The van der Waals surface area contributed by atoms with Crippen molar-refractivity contribution < 1.29 is 4.74 Å². The van der Waals surface area contributed by atoms with E-state index in [0.29, 0.717) is 0 Å². The van der Waals surface area contributed by atoms with Gasteiger partial charge in [-0.15, -0.1) is 0 Å². The first-order valence-electron chi connectivity index (χ1n) is 16.4. The largest absolute Gasteiger partial charge is 0.457 e. The topological polar surface area (TPSA) is 35.0 Å². The Balaban J connectivity index is 1.34. The second kappa shape index (κ2) is 13.6. The Hall–Kier alpha value is -6.58. The first kappa shape index (κ1) is 29.8. The molecule has 0 N–H and O–H groups in total. The minimum Gasteiger partial charge on any atom is -0.457 e. The van der Waals surface area contributed by atoms with E-state index in [2.05, 4.69) is 140 Å². The van der Waals surface area contributed by atoms with Gasteiger partial charge < -0.3 is 4.74 Å². The highest BCUT2D eigenvalue weighted by Gasteiger charge is 2.15. The van der Waals surface area contributed by atoms with Gasteiger partial charge in [0.2, 0.25) is 0 Å². The molecule has 0 aliphatic heterocycles. The molecule has 0 amide bonds. The van der Waals surface area contributed by atoms with Crippen LogP contribution in [0.2, 0.25) is 0 Å². The average molecular weight is 629 g/mol. The first-order valence-corrected chi connectivity index (χ1v) is 16.4. The van der Waals surface area contributed by atoms with Crippen LogP contribution in [-0.2, 0) is 0 Å². The molecule has 0 saturated carbocycles. The molecule has 0 spiro atoms. The van der Waals surface area contributed by atoms with Crippen molar-refractivity contribution in [3.8, 4) is 78.8 Å². The van der Waals surface area contributed by atoms with Crippen LogP contribution < -0.4 is 4.74 Å². The van der Waals surface area contributed by atoms with Gasteiger partial charge in [0.1, 0.15) is 11.5 Å². The summed E-state index contributed by atoms with van der Waals surface area (Å²) in [5, 5.41) is 0. The summed E-state index contributed by atoms with van der Waals surface area (Å²) in [6, 6.07) is 66.5. The predicted molar refractivity (Wildman–Crippen MR) is 201 cm³/mol. The van der Waals surface area contributed by atoms with Crippen LogP contribution in [0.15, 0.2) is 194 Å². The maximum Gasteiger partial charge on any atom is 0.128 e. The number of benzene rings is 6. The molecule has 0 radical (unpaired) electrons. The highest BCUT2D eigenvalue weighted by Crippen LogP contribution is 2.38. The third-order valence-corrected chi connectivity index (χ3v) is 8.48. The summed E-state index contributed by atoms with van der Waals surface area (Å²) in [6.45, 7) is 0. The Labute approximate surface area is 286 Å². The lowest BCUT2D eigenvalue weighted by molar-refractivity contribution is 0.483. The van der Waals surface area contributed by atoms with E-state index in [9.17, 15) is 0 Å². The number of hydrogen-bond donors (Lipinski definition) is 0. The average Bonchev–Trinajstić information content (AvgIpc) is 3.19. The molecule has 8 rings (SSSR count). The zero-order chi connectivity index (χ0) is 32.8. The molecule has 6 aromatic carbocycles. The molecule has 0 aliphatic carbocycles. The minimum absolute atomic E-state index is 0.748. The summed E-state index contributed by atoms with van der Waals surface area (Å²) in [5.74, 6) is 1.53. The van der Waals surface area contributed by atoms with E-state index in [1.54, 1.807) is 0 Å². The molecular weight excluding hydrogens is 597 g/mol. The predicted octanol–water partition coefficient (Wildman–Crippen LogP) is 12.3. The molecule has 0 bridgehead atoms. The molecule has 3 nitrogen and oxygen atoms in total. The van der Waals surface area contributed by atoms with E-state index >= 15 is 0 Å². The number of hydrogen-bond acceptors (Lipinski definition) is 3. The highest BCUT2D eigenvalue weighted by atomic mass is 16.5. The fourth-order valence-corrected chi connectivity index (χ4v) is 6.04. The van der Waals surface area contributed by atoms with Gasteiger partial charge in [0, 0.05) is 22.3 Å². The number of ether oxygens (including phenoxy) is 1. The van der Waals surface area contributed by atoms with Crippen molar-refractivity contribution in [2.45, 2.75) is 0 Å². The molecule has 0 unspecified atom stereocenters. The summed E-state index contributed by atoms with van der Waals surface area (Å²) >= 11 is 0. The lowest BCUT2D eigenvalue weighted by atomic mass is 9.95. The maximum absolute atomic E-state index is 6.53. The van der Waals surface area contributed by atoms with Gasteiger partial charge in [-0.3, -0.25) is 0 Å². The fourth-order valence-electron chi connectivity index (χ4n) is 6.04. The van der Waals surface area contributed by atoms with Crippen LogP contribution in [0.5, 0.6) is 11.5 Å². The van der Waals surface area contributed by atoms with Gasteiger partial charge in [-0.1, -0.05) is 140 Å². The van der Waals surface area contributed by atoms with Gasteiger partial charge >= 0.3 is 0 Å². The second-order valence-corrected chi connectivity index (χ2v) is 11.9. The van der Waals surface area contributed by atoms with Crippen molar-refractivity contribution in [3.05, 3.63) is 194 Å². The fraction of sp³-hybridized carbons (Fsp3) is 0. The Morgan fingerprint density at radius 3 is 0.857 bits per heavy atom. The molecule has 2 heterocycles. The monoisotopic (exact) mass is 628 g/mol. The standard InChI is InChI=1S/C46H32N2O/c1-6-16-33(17-7-1)43-29-39(30-44(47-43)34-18-8-2-9-19-34)37-26-38(28-42(27-37)49-41-24-14-5-15-25-41)40-31-45(35-20-10-3-11-21-35)48-46(32-40)36-22-12-4-13-23-36/h1-32H. The summed E-state index contributed by atoms with van der Waals surface area (Å²) in [5.41, 5.74) is 12.0. The minimum atomic E-state index is 0.748. The van der Waals surface area contributed by atoms with Gasteiger partial charge in [0.15, 0.2) is 0 Å². The molecule has 0 saturated heterocycles. The summed E-state index contributed by atoms with van der Waals surface area (Å²) in [7, 11) is 0. The lowest BCUT2D eigenvalue weighted by Gasteiger charge is -2.15. The van der Waals surface area contributed by atoms with Gasteiger partial charge in [-0.2, -0.15) is 0 Å². The molecule has 49 heavy (non-hydrogen) atoms. The number of pyridine rings is 2. The second-order valence-electron chi connectivity index (χ2n) is 11.9. The molecular formula is C46H32N2O. The van der Waals surface area contributed by atoms with Gasteiger partial charge in [0.25, 0.3) is 0 Å². The van der Waals surface area contributed by atoms with E-state index in [1.165, 1.54) is 0 Å². The molecule has 8 aromatic rings. The maximum atomic E-state index is 6.53. The molecule has 3 heteroatoms. The van der Waals surface area contributed by atoms with Crippen LogP contribution in [0.4, 0.5) is 0 Å². The molecule has 0 atom stereocenters. The molecule has 2 aromatic heterocycles. The number of nitrogens with zero attached hydrogens (tertiary/aromatic N) is 2. The summed E-state index contributed by atoms with van der Waals surface area (Å²) < 4.78 is 6.53. The van der Waals surface area contributed by atoms with Gasteiger partial charge in [0.05, 0.1) is 22.8 Å². The van der Waals surface area contributed by atoms with Crippen molar-refractivity contribution in [2.75, 3.05) is 0 Å². The van der Waals surface area contributed by atoms with Crippen molar-refractivity contribution in [2.24, 2.45) is 0 Å². The van der Waals surface area contributed by atoms with Gasteiger partial charge in [-0.05, 0) is 76.9 Å². The quantitative estimate of drug-likeness (QED) is 0.168. The number of para-hydroxylation sites is 1. The normalized spacial score (nSPS) is 10.9. The van der Waals surface area contributed by atoms with Crippen LogP contribution in [-0.4, -0.2) is 9.97 Å². The zero-order valence-corrected chi connectivity index (χ0v) is 26.8. The van der Waals surface area contributed by atoms with Crippen LogP contribution in [0.3, 0.4) is 0 Å². The van der Waals surface area contributed by atoms with Gasteiger partial charge in [-0.25, -0.2) is 9.97 Å². The SMILES string of the molecule is c1ccc(Oc2cc(-c3cc(-c4ccccc4)nc(-c4ccccc4)c3)cc(-c3cc(-c4ccccc4)nc(-c4ccccc4)c3)c2)cc1. The van der Waals surface area contributed by atoms with Crippen LogP contribution in [0, 0.1) is 0 Å². The third-order valence-electron chi connectivity index (χ3n) is 8.48. The molecule has 232 valence electrons. The smallest absolute Gasteiger partial charge is 0.128 e. The third kappa shape index (κ3) is 6.78. The molecule has 0 fully saturated rings. The Morgan fingerprint density at radius 1 is 0.245 bits per heavy atom. The first-order chi connectivity index (χ1) is 24.2. The Morgan fingerprint density at radius 2 is 0.531 bits per heavy atom. The van der Waals surface area contributed by atoms with Crippen LogP contribution in [0.1, 0.15) is 0 Å². The van der Waals surface area contributed by atoms with E-state index < -0.39 is 0 Å². The van der Waals surface area contributed by atoms with Crippen molar-refractivity contribution in [1.82, 2.24) is 9.97 Å². The van der Waals surface area contributed by atoms with E-state index in [-0.39, 0.29) is 0 Å². The van der Waals surface area contributed by atoms with Crippen LogP contribution >= 0.6 is 0 Å². The lowest BCUT2D eigenvalue weighted by Crippen LogP contribution is -1.94.